The Labute approximate surface area is 355 Å². The topological polar surface area (TPSA) is 9.86 Å². The summed E-state index contributed by atoms with van der Waals surface area (Å²) in [7, 11) is 0. The van der Waals surface area contributed by atoms with Gasteiger partial charge in [-0.25, -0.2) is 0 Å². The average Bonchev–Trinajstić information content (AvgIpc) is 4.04. The van der Waals surface area contributed by atoms with Gasteiger partial charge in [0, 0.05) is 90.0 Å². The fraction of sp³-hybridized carbons (Fsp3) is 0.0357. The molecule has 0 amide bonds. The minimum absolute atomic E-state index is 1.09. The van der Waals surface area contributed by atoms with Crippen molar-refractivity contribution in [3.8, 4) is 11.4 Å². The quantitative estimate of drug-likeness (QED) is 0.148. The lowest BCUT2D eigenvalue weighted by molar-refractivity contribution is 1.12. The lowest BCUT2D eigenvalue weighted by Gasteiger charge is -2.17. The van der Waals surface area contributed by atoms with E-state index >= 15 is 0 Å². The molecule has 4 heteroatoms. The van der Waals surface area contributed by atoms with Crippen LogP contribution >= 0.6 is 22.7 Å². The van der Waals surface area contributed by atoms with E-state index in [1.165, 1.54) is 111 Å². The van der Waals surface area contributed by atoms with Crippen LogP contribution in [0.1, 0.15) is 35.5 Å². The van der Waals surface area contributed by atoms with E-state index < -0.39 is 0 Å². The number of aromatic nitrogens is 2. The molecule has 0 saturated carbocycles. The van der Waals surface area contributed by atoms with Crippen molar-refractivity contribution < 1.29 is 0 Å². The lowest BCUT2D eigenvalue weighted by atomic mass is 9.89. The van der Waals surface area contributed by atoms with Gasteiger partial charge < -0.3 is 9.13 Å². The highest BCUT2D eigenvalue weighted by Gasteiger charge is 2.27. The molecule has 12 rings (SSSR count). The third-order valence-electron chi connectivity index (χ3n) is 12.4. The summed E-state index contributed by atoms with van der Waals surface area (Å²) in [6.45, 7) is 12.9. The zero-order valence-corrected chi connectivity index (χ0v) is 34.9. The second-order valence-electron chi connectivity index (χ2n) is 15.5. The van der Waals surface area contributed by atoms with Crippen molar-refractivity contribution in [2.75, 3.05) is 0 Å². The van der Waals surface area contributed by atoms with Crippen LogP contribution in [-0.2, 0) is 0 Å². The van der Waals surface area contributed by atoms with Gasteiger partial charge in [-0.1, -0.05) is 128 Å². The Kier molecular flexibility index (Phi) is 7.74. The van der Waals surface area contributed by atoms with Gasteiger partial charge in [0.2, 0.25) is 0 Å². The molecule has 0 fully saturated rings. The molecule has 8 aromatic carbocycles. The SMILES string of the molecule is C=Cc1sc2ccc(-n3c4ccccc4c4c5c6c(/C=C\C)c(C=C)n(-c7ccc8sc9ccccc9c8c7)c6c6ccccc6c5c5ccccc5c43)cc2c1/C=C\C. The van der Waals surface area contributed by atoms with Gasteiger partial charge in [0.25, 0.3) is 0 Å². The molecule has 12 aromatic rings. The van der Waals surface area contributed by atoms with Crippen molar-refractivity contribution >= 4 is 142 Å². The standard InChI is InChI=1S/C56H38N2S2/c1-5-17-35-43-32-34(28-29-49(43)59-47(35)8-4)58-46-25-15-13-24-42(46)53-54-51(38-21-10-12-23-40(38)56(53)58)37-20-9-11-22-39(37)55-52(54)41(18-6-2)45(7-3)57(55)33-27-30-50-44(31-33)36-19-14-16-26-48(36)60-50/h5-32H,3-4H2,1-2H3/b17-5-,18-6-. The summed E-state index contributed by atoms with van der Waals surface area (Å²) < 4.78 is 8.86. The largest absolute Gasteiger partial charge is 0.309 e. The summed E-state index contributed by atoms with van der Waals surface area (Å²) in [5.74, 6) is 0. The minimum atomic E-state index is 1.09. The summed E-state index contributed by atoms with van der Waals surface area (Å²) in [6, 6.07) is 49.8. The van der Waals surface area contributed by atoms with E-state index in [0.717, 1.165) is 17.1 Å². The molecule has 0 aliphatic carbocycles. The van der Waals surface area contributed by atoms with Crippen molar-refractivity contribution in [1.29, 1.82) is 0 Å². The van der Waals surface area contributed by atoms with Gasteiger partial charge in [-0.05, 0) is 84.6 Å². The molecule has 0 aliphatic rings. The van der Waals surface area contributed by atoms with Crippen LogP contribution in [0.4, 0.5) is 0 Å². The fourth-order valence-electron chi connectivity index (χ4n) is 10.1. The van der Waals surface area contributed by atoms with Gasteiger partial charge in [-0.2, -0.15) is 0 Å². The number of para-hydroxylation sites is 1. The predicted molar refractivity (Wildman–Crippen MR) is 268 cm³/mol. The Balaban J connectivity index is 1.33. The van der Waals surface area contributed by atoms with E-state index in [4.69, 9.17) is 0 Å². The predicted octanol–water partition coefficient (Wildman–Crippen LogP) is 17.1. The van der Waals surface area contributed by atoms with Crippen LogP contribution < -0.4 is 0 Å². The average molecular weight is 803 g/mol. The molecule has 0 aliphatic heterocycles. The summed E-state index contributed by atoms with van der Waals surface area (Å²) in [4.78, 5) is 1.19. The Hall–Kier alpha value is -6.98. The van der Waals surface area contributed by atoms with E-state index in [-0.39, 0.29) is 0 Å². The van der Waals surface area contributed by atoms with Gasteiger partial charge >= 0.3 is 0 Å². The number of thiophene rings is 2. The zero-order chi connectivity index (χ0) is 40.2. The van der Waals surface area contributed by atoms with Gasteiger partial charge in [0.15, 0.2) is 0 Å². The number of fused-ring (bicyclic) bond motifs is 17. The zero-order valence-electron chi connectivity index (χ0n) is 33.3. The van der Waals surface area contributed by atoms with Gasteiger partial charge in [0.05, 0.1) is 22.2 Å². The molecule has 0 bridgehead atoms. The van der Waals surface area contributed by atoms with Gasteiger partial charge in [-0.15, -0.1) is 22.7 Å². The Morgan fingerprint density at radius 3 is 1.67 bits per heavy atom. The van der Waals surface area contributed by atoms with Crippen LogP contribution in [0.15, 0.2) is 159 Å². The van der Waals surface area contributed by atoms with Crippen molar-refractivity contribution in [3.63, 3.8) is 0 Å². The molecule has 0 spiro atoms. The first-order chi connectivity index (χ1) is 29.6. The molecule has 0 atom stereocenters. The van der Waals surface area contributed by atoms with Crippen LogP contribution in [0, 0.1) is 0 Å². The second kappa shape index (κ2) is 13.3. The van der Waals surface area contributed by atoms with Crippen molar-refractivity contribution in [2.24, 2.45) is 0 Å². The third-order valence-corrected chi connectivity index (χ3v) is 14.8. The summed E-state index contributed by atoms with van der Waals surface area (Å²) in [5, 5.41) is 15.0. The molecule has 0 radical (unpaired) electrons. The van der Waals surface area contributed by atoms with Crippen molar-refractivity contribution in [1.82, 2.24) is 9.13 Å². The highest BCUT2D eigenvalue weighted by molar-refractivity contribution is 7.25. The van der Waals surface area contributed by atoms with Crippen LogP contribution in [0.3, 0.4) is 0 Å². The minimum Gasteiger partial charge on any atom is -0.309 e. The molecular formula is C56H38N2S2. The van der Waals surface area contributed by atoms with Crippen molar-refractivity contribution in [2.45, 2.75) is 13.8 Å². The van der Waals surface area contributed by atoms with E-state index in [1.807, 2.05) is 17.4 Å². The van der Waals surface area contributed by atoms with E-state index in [0.29, 0.717) is 0 Å². The highest BCUT2D eigenvalue weighted by Crippen LogP contribution is 2.51. The number of nitrogens with zero attached hydrogens (tertiary/aromatic N) is 2. The molecule has 0 saturated heterocycles. The molecule has 4 aromatic heterocycles. The van der Waals surface area contributed by atoms with Crippen LogP contribution in [0.2, 0.25) is 0 Å². The Morgan fingerprint density at radius 2 is 0.983 bits per heavy atom. The monoisotopic (exact) mass is 802 g/mol. The second-order valence-corrected chi connectivity index (χ2v) is 17.7. The maximum atomic E-state index is 4.51. The first-order valence-electron chi connectivity index (χ1n) is 20.5. The number of rotatable bonds is 6. The van der Waals surface area contributed by atoms with E-state index in [2.05, 4.69) is 200 Å². The van der Waals surface area contributed by atoms with Crippen LogP contribution in [-0.4, -0.2) is 9.13 Å². The van der Waals surface area contributed by atoms with Gasteiger partial charge in [-0.3, -0.25) is 0 Å². The maximum Gasteiger partial charge on any atom is 0.0626 e. The number of hydrogen-bond donors (Lipinski definition) is 0. The molecule has 0 unspecified atom stereocenters. The summed E-state index contributed by atoms with van der Waals surface area (Å²) in [6.07, 6.45) is 12.9. The summed E-state index contributed by atoms with van der Waals surface area (Å²) in [5.41, 5.74) is 9.35. The number of allylic oxidation sites excluding steroid dienone is 2. The van der Waals surface area contributed by atoms with Crippen LogP contribution in [0.5, 0.6) is 0 Å². The number of benzene rings is 8. The van der Waals surface area contributed by atoms with Crippen molar-refractivity contribution in [3.05, 3.63) is 180 Å². The molecule has 60 heavy (non-hydrogen) atoms. The van der Waals surface area contributed by atoms with Crippen LogP contribution in [0.25, 0.3) is 131 Å². The Morgan fingerprint density at radius 1 is 0.433 bits per heavy atom. The lowest BCUT2D eigenvalue weighted by Crippen LogP contribution is -1.98. The molecule has 284 valence electrons. The molecule has 0 N–H and O–H groups in total. The summed E-state index contributed by atoms with van der Waals surface area (Å²) >= 11 is 3.66. The first kappa shape index (κ1) is 35.0. The molecule has 2 nitrogen and oxygen atoms in total. The Bertz CT molecular complexity index is 3890. The fourth-order valence-corrected chi connectivity index (χ4v) is 12.3. The number of hydrogen-bond acceptors (Lipinski definition) is 2. The normalized spacial score (nSPS) is 12.5. The molecule has 4 heterocycles. The van der Waals surface area contributed by atoms with Gasteiger partial charge in [0.1, 0.15) is 0 Å². The van der Waals surface area contributed by atoms with E-state index in [9.17, 15) is 0 Å². The first-order valence-corrected chi connectivity index (χ1v) is 22.1. The van der Waals surface area contributed by atoms with E-state index in [1.54, 1.807) is 11.3 Å². The maximum absolute atomic E-state index is 4.51. The highest BCUT2D eigenvalue weighted by atomic mass is 32.1. The third kappa shape index (κ3) is 4.69. The molecular weight excluding hydrogens is 765 g/mol. The smallest absolute Gasteiger partial charge is 0.0626 e.